The topological polar surface area (TPSA) is 33.9 Å². The fourth-order valence-electron chi connectivity index (χ4n) is 4.19. The van der Waals surface area contributed by atoms with Crippen molar-refractivity contribution in [2.24, 2.45) is 0 Å². The maximum Gasteiger partial charge on any atom is 0.119 e. The Hall–Kier alpha value is -3.30. The molecule has 0 amide bonds. The monoisotopic (exact) mass is 381 g/mol. The molecule has 29 heavy (non-hydrogen) atoms. The van der Waals surface area contributed by atoms with Gasteiger partial charge < -0.3 is 14.2 Å². The minimum atomic E-state index is 0.0387. The van der Waals surface area contributed by atoms with Crippen molar-refractivity contribution in [3.05, 3.63) is 95.1 Å². The van der Waals surface area contributed by atoms with Gasteiger partial charge in [-0.2, -0.15) is 0 Å². The zero-order valence-corrected chi connectivity index (χ0v) is 16.6. The molecule has 2 aromatic carbocycles. The number of hydrogen-bond acceptors (Lipinski definition) is 2. The number of ether oxygens (including phenoxy) is 1. The summed E-state index contributed by atoms with van der Waals surface area (Å²) < 4.78 is 8.22. The van der Waals surface area contributed by atoms with E-state index in [1.807, 2.05) is 36.4 Å². The van der Waals surface area contributed by atoms with Crippen LogP contribution in [0.5, 0.6) is 5.75 Å². The molecule has 3 heteroatoms. The van der Waals surface area contributed by atoms with Gasteiger partial charge in [0.25, 0.3) is 0 Å². The van der Waals surface area contributed by atoms with E-state index in [0.29, 0.717) is 6.61 Å². The Balaban J connectivity index is 1.53. The highest BCUT2D eigenvalue weighted by molar-refractivity contribution is 5.95. The first-order valence-corrected chi connectivity index (χ1v) is 9.91. The fourth-order valence-corrected chi connectivity index (χ4v) is 4.19. The molecule has 0 aliphatic rings. The molecule has 0 atom stereocenters. The third-order valence-electron chi connectivity index (χ3n) is 5.90. The number of nitrogens with zero attached hydrogens (tertiary/aromatic N) is 1. The molecule has 0 aliphatic heterocycles. The minimum absolute atomic E-state index is 0.0387. The molecule has 0 spiro atoms. The van der Waals surface area contributed by atoms with Gasteiger partial charge in [-0.25, -0.2) is 0 Å². The summed E-state index contributed by atoms with van der Waals surface area (Å²) >= 11 is 0. The van der Waals surface area contributed by atoms with E-state index in [4.69, 9.17) is 4.74 Å². The van der Waals surface area contributed by atoms with Crippen LogP contribution in [0.3, 0.4) is 0 Å². The first-order chi connectivity index (χ1) is 14.2. The maximum absolute atomic E-state index is 9.80. The van der Waals surface area contributed by atoms with E-state index in [1.54, 1.807) is 0 Å². The van der Waals surface area contributed by atoms with Crippen LogP contribution in [-0.2, 0) is 13.2 Å². The predicted molar refractivity (Wildman–Crippen MR) is 118 cm³/mol. The van der Waals surface area contributed by atoms with Gasteiger partial charge in [-0.3, -0.25) is 0 Å². The highest BCUT2D eigenvalue weighted by atomic mass is 16.5. The summed E-state index contributed by atoms with van der Waals surface area (Å²) in [6.45, 7) is 4.94. The molecule has 0 saturated carbocycles. The predicted octanol–water partition coefficient (Wildman–Crippen LogP) is 5.89. The summed E-state index contributed by atoms with van der Waals surface area (Å²) in [5, 5.41) is 9.80. The molecular formula is C26H23NO2. The van der Waals surface area contributed by atoms with Crippen LogP contribution in [0.15, 0.2) is 72.8 Å². The van der Waals surface area contributed by atoms with Crippen LogP contribution < -0.4 is 4.74 Å². The molecule has 3 nitrogen and oxygen atoms in total. The van der Waals surface area contributed by atoms with Crippen LogP contribution in [0.25, 0.3) is 27.7 Å². The molecule has 5 rings (SSSR count). The highest BCUT2D eigenvalue weighted by Crippen LogP contribution is 2.38. The van der Waals surface area contributed by atoms with Crippen molar-refractivity contribution in [2.45, 2.75) is 27.1 Å². The summed E-state index contributed by atoms with van der Waals surface area (Å²) in [5.74, 6) is 0.859. The zero-order chi connectivity index (χ0) is 20.0. The van der Waals surface area contributed by atoms with Gasteiger partial charge in [-0.15, -0.1) is 0 Å². The minimum Gasteiger partial charge on any atom is -0.489 e. The Labute approximate surface area is 170 Å². The molecule has 3 aromatic heterocycles. The number of aliphatic hydroxyl groups is 1. The SMILES string of the molecule is Cc1c(C)c2c(-c3ccc(OCc4ccccc4)cc3)cc3c(CO)ccc1n32. The van der Waals surface area contributed by atoms with Crippen molar-refractivity contribution in [2.75, 3.05) is 0 Å². The molecule has 5 aromatic rings. The number of pyridine rings is 1. The first-order valence-electron chi connectivity index (χ1n) is 9.91. The second-order valence-electron chi connectivity index (χ2n) is 7.58. The second kappa shape index (κ2) is 6.94. The number of aryl methyl sites for hydroxylation is 2. The smallest absolute Gasteiger partial charge is 0.119 e. The van der Waals surface area contributed by atoms with Crippen molar-refractivity contribution >= 4 is 16.6 Å². The van der Waals surface area contributed by atoms with E-state index < -0.39 is 0 Å². The summed E-state index contributed by atoms with van der Waals surface area (Å²) in [6.07, 6.45) is 0. The molecule has 0 saturated heterocycles. The van der Waals surface area contributed by atoms with Crippen molar-refractivity contribution < 1.29 is 9.84 Å². The van der Waals surface area contributed by atoms with E-state index >= 15 is 0 Å². The summed E-state index contributed by atoms with van der Waals surface area (Å²) in [4.78, 5) is 0. The lowest BCUT2D eigenvalue weighted by Gasteiger charge is -2.07. The van der Waals surface area contributed by atoms with E-state index in [9.17, 15) is 5.11 Å². The largest absolute Gasteiger partial charge is 0.489 e. The van der Waals surface area contributed by atoms with E-state index in [1.165, 1.54) is 27.7 Å². The molecule has 0 unspecified atom stereocenters. The average Bonchev–Trinajstić information content (AvgIpc) is 3.28. The van der Waals surface area contributed by atoms with E-state index in [2.05, 4.69) is 54.6 Å². The molecule has 0 aliphatic carbocycles. The number of hydrogen-bond donors (Lipinski definition) is 1. The van der Waals surface area contributed by atoms with Crippen LogP contribution >= 0.6 is 0 Å². The van der Waals surface area contributed by atoms with E-state index in [0.717, 1.165) is 28.0 Å². The summed E-state index contributed by atoms with van der Waals surface area (Å²) in [5.41, 5.74) is 10.5. The molecule has 0 fully saturated rings. The van der Waals surface area contributed by atoms with Gasteiger partial charge in [0.15, 0.2) is 0 Å². The maximum atomic E-state index is 9.80. The van der Waals surface area contributed by atoms with Gasteiger partial charge in [0, 0.05) is 16.6 Å². The Morgan fingerprint density at radius 2 is 1.59 bits per heavy atom. The first kappa shape index (κ1) is 17.8. The van der Waals surface area contributed by atoms with E-state index in [-0.39, 0.29) is 6.61 Å². The van der Waals surface area contributed by atoms with Crippen molar-refractivity contribution in [3.63, 3.8) is 0 Å². The third kappa shape index (κ3) is 2.86. The third-order valence-corrected chi connectivity index (χ3v) is 5.90. The Bertz CT molecular complexity index is 1280. The number of aromatic nitrogens is 1. The molecule has 0 radical (unpaired) electrons. The number of rotatable bonds is 5. The van der Waals surface area contributed by atoms with Crippen molar-refractivity contribution in [3.8, 4) is 16.9 Å². The van der Waals surface area contributed by atoms with Crippen molar-refractivity contribution in [1.82, 2.24) is 4.40 Å². The van der Waals surface area contributed by atoms with Crippen molar-refractivity contribution in [1.29, 1.82) is 0 Å². The lowest BCUT2D eigenvalue weighted by Crippen LogP contribution is -1.94. The Morgan fingerprint density at radius 3 is 2.31 bits per heavy atom. The van der Waals surface area contributed by atoms with Gasteiger partial charge in [0.05, 0.1) is 17.6 Å². The quantitative estimate of drug-likeness (QED) is 0.412. The van der Waals surface area contributed by atoms with Crippen LogP contribution in [0.2, 0.25) is 0 Å². The molecule has 3 heterocycles. The van der Waals surface area contributed by atoms with Gasteiger partial charge in [-0.1, -0.05) is 48.5 Å². The van der Waals surface area contributed by atoms with Gasteiger partial charge >= 0.3 is 0 Å². The number of aliphatic hydroxyl groups excluding tert-OH is 1. The van der Waals surface area contributed by atoms with Gasteiger partial charge in [0.2, 0.25) is 0 Å². The standard InChI is InChI=1S/C26H23NO2/c1-17-18(2)26-23(14-25-21(15-28)10-13-24(17)27(25)26)20-8-11-22(12-9-20)29-16-19-6-4-3-5-7-19/h3-14,28H,15-16H2,1-2H3. The van der Waals surface area contributed by atoms with Crippen LogP contribution in [0.4, 0.5) is 0 Å². The number of benzene rings is 2. The Kier molecular flexibility index (Phi) is 4.26. The second-order valence-corrected chi connectivity index (χ2v) is 7.58. The zero-order valence-electron chi connectivity index (χ0n) is 16.6. The lowest BCUT2D eigenvalue weighted by atomic mass is 10.0. The summed E-state index contributed by atoms with van der Waals surface area (Å²) in [7, 11) is 0. The van der Waals surface area contributed by atoms with Crippen LogP contribution in [-0.4, -0.2) is 9.51 Å². The summed E-state index contributed by atoms with van der Waals surface area (Å²) in [6, 6.07) is 24.8. The van der Waals surface area contributed by atoms with Gasteiger partial charge in [-0.05, 0) is 60.4 Å². The average molecular weight is 381 g/mol. The Morgan fingerprint density at radius 1 is 0.828 bits per heavy atom. The normalized spacial score (nSPS) is 11.6. The molecule has 0 bridgehead atoms. The highest BCUT2D eigenvalue weighted by Gasteiger charge is 2.19. The van der Waals surface area contributed by atoms with Crippen LogP contribution in [0.1, 0.15) is 22.3 Å². The molecule has 1 N–H and O–H groups in total. The van der Waals surface area contributed by atoms with Gasteiger partial charge in [0.1, 0.15) is 12.4 Å². The fraction of sp³-hybridized carbons (Fsp3) is 0.154. The lowest BCUT2D eigenvalue weighted by molar-refractivity contribution is 0.283. The van der Waals surface area contributed by atoms with Crippen LogP contribution in [0, 0.1) is 13.8 Å². The molecule has 144 valence electrons. The molecular weight excluding hydrogens is 358 g/mol.